The summed E-state index contributed by atoms with van der Waals surface area (Å²) >= 11 is 0. The topological polar surface area (TPSA) is 89.5 Å². The summed E-state index contributed by atoms with van der Waals surface area (Å²) in [4.78, 5) is 30.8. The van der Waals surface area contributed by atoms with Crippen LogP contribution in [0, 0.1) is 0 Å². The first-order chi connectivity index (χ1) is 21.2. The van der Waals surface area contributed by atoms with Crippen molar-refractivity contribution in [2.45, 2.75) is 77.0 Å². The van der Waals surface area contributed by atoms with Gasteiger partial charge in [0, 0.05) is 35.2 Å². The van der Waals surface area contributed by atoms with Crippen molar-refractivity contribution >= 4 is 23.3 Å². The molecule has 1 heterocycles. The van der Waals surface area contributed by atoms with E-state index in [1.54, 1.807) is 6.20 Å². The van der Waals surface area contributed by atoms with Gasteiger partial charge in [0.05, 0.1) is 6.10 Å². The maximum absolute atomic E-state index is 13.4. The predicted molar refractivity (Wildman–Crippen MR) is 175 cm³/mol. The third-order valence-electron chi connectivity index (χ3n) is 7.51. The lowest BCUT2D eigenvalue weighted by molar-refractivity contribution is -0.155. The Kier molecular flexibility index (Phi) is 9.95. The molecular weight excluding hydrogens is 550 g/mol. The number of carbonyl (C=O) groups is 2. The molecule has 1 aliphatic rings. The Hall–Kier alpha value is -4.65. The number of amides is 1. The third kappa shape index (κ3) is 8.69. The van der Waals surface area contributed by atoms with E-state index in [0.717, 1.165) is 41.1 Å². The van der Waals surface area contributed by atoms with Crippen molar-refractivity contribution < 1.29 is 19.1 Å². The van der Waals surface area contributed by atoms with Crippen LogP contribution >= 0.6 is 0 Å². The Balaban J connectivity index is 1.25. The second-order valence-corrected chi connectivity index (χ2v) is 12.2. The highest BCUT2D eigenvalue weighted by atomic mass is 16.6. The summed E-state index contributed by atoms with van der Waals surface area (Å²) in [5.41, 5.74) is 3.92. The number of aromatic nitrogens is 1. The summed E-state index contributed by atoms with van der Waals surface area (Å²) < 4.78 is 11.9. The van der Waals surface area contributed by atoms with Gasteiger partial charge in [0.15, 0.2) is 0 Å². The molecule has 0 bridgehead atoms. The minimum Gasteiger partial charge on any atom is -0.490 e. The lowest BCUT2D eigenvalue weighted by Crippen LogP contribution is -2.38. The number of ether oxygens (including phenoxy) is 2. The second kappa shape index (κ2) is 14.2. The van der Waals surface area contributed by atoms with Gasteiger partial charge < -0.3 is 20.1 Å². The third-order valence-corrected chi connectivity index (χ3v) is 7.51. The minimum atomic E-state index is -0.629. The molecule has 0 saturated heterocycles. The molecular formula is C37H41N3O4. The van der Waals surface area contributed by atoms with Gasteiger partial charge in [-0.2, -0.15) is 0 Å². The summed E-state index contributed by atoms with van der Waals surface area (Å²) in [6, 6.07) is 27.9. The predicted octanol–water partition coefficient (Wildman–Crippen LogP) is 8.08. The second-order valence-electron chi connectivity index (χ2n) is 12.2. The van der Waals surface area contributed by atoms with E-state index in [4.69, 9.17) is 9.47 Å². The number of nitrogens with one attached hydrogen (secondary N) is 2. The summed E-state index contributed by atoms with van der Waals surface area (Å²) in [5, 5.41) is 6.30. The first kappa shape index (κ1) is 30.8. The normalized spacial score (nSPS) is 14.3. The fourth-order valence-electron chi connectivity index (χ4n) is 5.36. The van der Waals surface area contributed by atoms with Crippen molar-refractivity contribution in [3.8, 4) is 16.9 Å². The molecule has 1 saturated carbocycles. The van der Waals surface area contributed by atoms with Gasteiger partial charge in [-0.25, -0.2) is 4.79 Å². The van der Waals surface area contributed by atoms with Crippen LogP contribution in [0.2, 0.25) is 0 Å². The Bertz CT molecular complexity index is 1520. The van der Waals surface area contributed by atoms with E-state index >= 15 is 0 Å². The molecule has 0 aliphatic heterocycles. The first-order valence-corrected chi connectivity index (χ1v) is 15.4. The molecule has 1 amide bonds. The Morgan fingerprint density at radius 1 is 0.841 bits per heavy atom. The molecule has 1 unspecified atom stereocenters. The molecule has 5 rings (SSSR count). The zero-order chi connectivity index (χ0) is 30.9. The van der Waals surface area contributed by atoms with Gasteiger partial charge in [0.1, 0.15) is 17.4 Å². The quantitative estimate of drug-likeness (QED) is 0.181. The molecule has 44 heavy (non-hydrogen) atoms. The standard InChI is InChI=1S/C37H41N3O4/c1-37(2,3)44-36(42)34(25-29-11-9-10-24-38-29)39-27-18-20-28(21-19-27)40-35(41)33-15-8-7-14-32(33)26-16-22-31(23-17-26)43-30-12-5-4-6-13-30/h7-11,14-24,30,34,39H,4-6,12-13,25H2,1-3H3,(H,40,41). The molecule has 1 aliphatic carbocycles. The highest BCUT2D eigenvalue weighted by molar-refractivity contribution is 6.08. The lowest BCUT2D eigenvalue weighted by Gasteiger charge is -2.25. The molecule has 0 radical (unpaired) electrons. The largest absolute Gasteiger partial charge is 0.490 e. The molecule has 4 aromatic rings. The number of pyridine rings is 1. The summed E-state index contributed by atoms with van der Waals surface area (Å²) in [7, 11) is 0. The molecule has 2 N–H and O–H groups in total. The van der Waals surface area contributed by atoms with Crippen molar-refractivity contribution in [3.05, 3.63) is 108 Å². The fourth-order valence-corrected chi connectivity index (χ4v) is 5.36. The Labute approximate surface area is 260 Å². The Morgan fingerprint density at radius 2 is 1.52 bits per heavy atom. The smallest absolute Gasteiger partial charge is 0.329 e. The van der Waals surface area contributed by atoms with Crippen molar-refractivity contribution in [2.24, 2.45) is 0 Å². The van der Waals surface area contributed by atoms with Crippen LogP contribution in [0.5, 0.6) is 5.75 Å². The maximum atomic E-state index is 13.4. The molecule has 0 spiro atoms. The minimum absolute atomic E-state index is 0.203. The maximum Gasteiger partial charge on any atom is 0.329 e. The van der Waals surface area contributed by atoms with Gasteiger partial charge in [0.25, 0.3) is 5.91 Å². The SMILES string of the molecule is CC(C)(C)OC(=O)C(Cc1ccccn1)Nc1ccc(NC(=O)c2ccccc2-c2ccc(OC3CCCCC3)cc2)cc1. The fraction of sp³-hybridized carbons (Fsp3) is 0.324. The summed E-state index contributed by atoms with van der Waals surface area (Å²) in [6.07, 6.45) is 8.33. The highest BCUT2D eigenvalue weighted by Gasteiger charge is 2.26. The van der Waals surface area contributed by atoms with E-state index in [0.29, 0.717) is 23.8 Å². The average molecular weight is 592 g/mol. The van der Waals surface area contributed by atoms with Crippen LogP contribution in [0.3, 0.4) is 0 Å². The van der Waals surface area contributed by atoms with Crippen molar-refractivity contribution in [1.82, 2.24) is 4.98 Å². The van der Waals surface area contributed by atoms with Crippen LogP contribution in [-0.4, -0.2) is 34.6 Å². The van der Waals surface area contributed by atoms with Gasteiger partial charge in [-0.15, -0.1) is 0 Å². The molecule has 3 aromatic carbocycles. The van der Waals surface area contributed by atoms with Crippen LogP contribution in [0.4, 0.5) is 11.4 Å². The van der Waals surface area contributed by atoms with Gasteiger partial charge >= 0.3 is 5.97 Å². The number of hydrogen-bond acceptors (Lipinski definition) is 6. The van der Waals surface area contributed by atoms with Crippen molar-refractivity contribution in [3.63, 3.8) is 0 Å². The van der Waals surface area contributed by atoms with E-state index < -0.39 is 11.6 Å². The molecule has 1 atom stereocenters. The Morgan fingerprint density at radius 3 is 2.20 bits per heavy atom. The van der Waals surface area contributed by atoms with E-state index in [1.807, 2.05) is 112 Å². The van der Waals surface area contributed by atoms with Gasteiger partial charge in [0.2, 0.25) is 0 Å². The number of nitrogens with zero attached hydrogens (tertiary/aromatic N) is 1. The molecule has 1 fully saturated rings. The zero-order valence-electron chi connectivity index (χ0n) is 25.7. The number of anilines is 2. The van der Waals surface area contributed by atoms with E-state index in [1.165, 1.54) is 19.3 Å². The highest BCUT2D eigenvalue weighted by Crippen LogP contribution is 2.29. The number of benzene rings is 3. The molecule has 7 nitrogen and oxygen atoms in total. The van der Waals surface area contributed by atoms with Crippen molar-refractivity contribution in [2.75, 3.05) is 10.6 Å². The number of rotatable bonds is 10. The van der Waals surface area contributed by atoms with Crippen LogP contribution in [0.1, 0.15) is 68.9 Å². The van der Waals surface area contributed by atoms with E-state index in [9.17, 15) is 9.59 Å². The van der Waals surface area contributed by atoms with Crippen LogP contribution in [0.25, 0.3) is 11.1 Å². The molecule has 1 aromatic heterocycles. The van der Waals surface area contributed by atoms with Crippen LogP contribution < -0.4 is 15.4 Å². The van der Waals surface area contributed by atoms with E-state index in [2.05, 4.69) is 15.6 Å². The van der Waals surface area contributed by atoms with Crippen molar-refractivity contribution in [1.29, 1.82) is 0 Å². The van der Waals surface area contributed by atoms with Gasteiger partial charge in [-0.3, -0.25) is 9.78 Å². The number of carbonyl (C=O) groups excluding carboxylic acids is 2. The van der Waals surface area contributed by atoms with Gasteiger partial charge in [-0.05, 0) is 112 Å². The number of esters is 1. The molecule has 7 heteroatoms. The lowest BCUT2D eigenvalue weighted by atomic mass is 9.97. The monoisotopic (exact) mass is 591 g/mol. The average Bonchev–Trinajstić information content (AvgIpc) is 3.02. The van der Waals surface area contributed by atoms with Crippen LogP contribution in [0.15, 0.2) is 97.2 Å². The summed E-state index contributed by atoms with van der Waals surface area (Å²) in [6.45, 7) is 5.54. The van der Waals surface area contributed by atoms with E-state index in [-0.39, 0.29) is 11.9 Å². The first-order valence-electron chi connectivity index (χ1n) is 15.4. The summed E-state index contributed by atoms with van der Waals surface area (Å²) in [5.74, 6) is 0.307. The van der Waals surface area contributed by atoms with Gasteiger partial charge in [-0.1, -0.05) is 42.8 Å². The zero-order valence-corrected chi connectivity index (χ0v) is 25.7. The van der Waals surface area contributed by atoms with Crippen LogP contribution in [-0.2, 0) is 16.0 Å². The molecule has 228 valence electrons. The number of hydrogen-bond donors (Lipinski definition) is 2.